The van der Waals surface area contributed by atoms with E-state index >= 15 is 0 Å². The Morgan fingerprint density at radius 1 is 1.47 bits per heavy atom. The van der Waals surface area contributed by atoms with E-state index in [1.807, 2.05) is 0 Å². The third-order valence-corrected chi connectivity index (χ3v) is 2.02. The average Bonchev–Trinajstić information content (AvgIpc) is 2.15. The highest BCUT2D eigenvalue weighted by Crippen LogP contribution is 2.28. The standard InChI is InChI=1S/C10H13F2NO.ClH/c1-10(11,12)8-4-2-3-7(5-8)9(13)6-14;/h2-5,9,14H,6,13H2,1H3;1H. The van der Waals surface area contributed by atoms with Gasteiger partial charge >= 0.3 is 0 Å². The van der Waals surface area contributed by atoms with Crippen molar-refractivity contribution in [1.29, 1.82) is 0 Å². The van der Waals surface area contributed by atoms with E-state index in [1.165, 1.54) is 18.2 Å². The van der Waals surface area contributed by atoms with Gasteiger partial charge in [0.1, 0.15) is 0 Å². The van der Waals surface area contributed by atoms with E-state index in [9.17, 15) is 8.78 Å². The molecule has 3 N–H and O–H groups in total. The fourth-order valence-corrected chi connectivity index (χ4v) is 1.15. The Morgan fingerprint density at radius 2 is 2.07 bits per heavy atom. The average molecular weight is 238 g/mol. The van der Waals surface area contributed by atoms with Crippen molar-refractivity contribution in [3.8, 4) is 0 Å². The lowest BCUT2D eigenvalue weighted by atomic mass is 10.0. The summed E-state index contributed by atoms with van der Waals surface area (Å²) in [4.78, 5) is 0. The van der Waals surface area contributed by atoms with Crippen LogP contribution in [0.15, 0.2) is 24.3 Å². The minimum absolute atomic E-state index is 0. The topological polar surface area (TPSA) is 46.2 Å². The zero-order chi connectivity index (χ0) is 10.8. The van der Waals surface area contributed by atoms with Crippen LogP contribution in [0.3, 0.4) is 0 Å². The van der Waals surface area contributed by atoms with Gasteiger partial charge in [-0.05, 0) is 11.6 Å². The van der Waals surface area contributed by atoms with Crippen molar-refractivity contribution in [2.45, 2.75) is 18.9 Å². The van der Waals surface area contributed by atoms with E-state index in [1.54, 1.807) is 6.07 Å². The fourth-order valence-electron chi connectivity index (χ4n) is 1.15. The number of rotatable bonds is 3. The van der Waals surface area contributed by atoms with Gasteiger partial charge in [-0.1, -0.05) is 18.2 Å². The summed E-state index contributed by atoms with van der Waals surface area (Å²) >= 11 is 0. The molecule has 0 aliphatic rings. The van der Waals surface area contributed by atoms with Crippen LogP contribution in [-0.4, -0.2) is 11.7 Å². The van der Waals surface area contributed by atoms with E-state index in [-0.39, 0.29) is 24.6 Å². The lowest BCUT2D eigenvalue weighted by molar-refractivity contribution is 0.0173. The second-order valence-corrected chi connectivity index (χ2v) is 3.30. The van der Waals surface area contributed by atoms with E-state index in [2.05, 4.69) is 0 Å². The highest BCUT2D eigenvalue weighted by Gasteiger charge is 2.24. The fraction of sp³-hybridized carbons (Fsp3) is 0.400. The second-order valence-electron chi connectivity index (χ2n) is 3.30. The summed E-state index contributed by atoms with van der Waals surface area (Å²) in [5.41, 5.74) is 5.95. The van der Waals surface area contributed by atoms with Gasteiger partial charge in [0.05, 0.1) is 12.6 Å². The van der Waals surface area contributed by atoms with Crippen LogP contribution in [0.2, 0.25) is 0 Å². The molecular weight excluding hydrogens is 224 g/mol. The van der Waals surface area contributed by atoms with Gasteiger partial charge in [0, 0.05) is 12.5 Å². The van der Waals surface area contributed by atoms with Gasteiger partial charge in [0.2, 0.25) is 0 Å². The maximum absolute atomic E-state index is 12.9. The first-order valence-electron chi connectivity index (χ1n) is 4.30. The van der Waals surface area contributed by atoms with Gasteiger partial charge in [-0.2, -0.15) is 0 Å². The van der Waals surface area contributed by atoms with Gasteiger partial charge < -0.3 is 10.8 Å². The van der Waals surface area contributed by atoms with Crippen LogP contribution in [0, 0.1) is 0 Å². The number of hydrogen-bond acceptors (Lipinski definition) is 2. The molecule has 1 aromatic rings. The monoisotopic (exact) mass is 237 g/mol. The summed E-state index contributed by atoms with van der Waals surface area (Å²) in [6, 6.07) is 5.19. The van der Waals surface area contributed by atoms with Crippen molar-refractivity contribution in [2.75, 3.05) is 6.61 Å². The van der Waals surface area contributed by atoms with Gasteiger partial charge in [0.25, 0.3) is 5.92 Å². The molecule has 1 atom stereocenters. The number of aliphatic hydroxyl groups is 1. The van der Waals surface area contributed by atoms with Crippen molar-refractivity contribution >= 4 is 12.4 Å². The molecule has 1 unspecified atom stereocenters. The third kappa shape index (κ3) is 3.74. The molecule has 0 amide bonds. The molecule has 0 fully saturated rings. The minimum Gasteiger partial charge on any atom is -0.394 e. The Bertz CT molecular complexity index is 315. The molecule has 86 valence electrons. The van der Waals surface area contributed by atoms with Crippen molar-refractivity contribution in [2.24, 2.45) is 5.73 Å². The molecule has 0 bridgehead atoms. The van der Waals surface area contributed by atoms with E-state index < -0.39 is 12.0 Å². The Hall–Kier alpha value is -0.710. The molecule has 1 rings (SSSR count). The van der Waals surface area contributed by atoms with E-state index in [0.29, 0.717) is 5.56 Å². The minimum atomic E-state index is -2.87. The highest BCUT2D eigenvalue weighted by atomic mass is 35.5. The molecule has 0 aromatic heterocycles. The zero-order valence-electron chi connectivity index (χ0n) is 8.28. The predicted molar refractivity (Wildman–Crippen MR) is 57.3 cm³/mol. The van der Waals surface area contributed by atoms with Crippen LogP contribution < -0.4 is 5.73 Å². The smallest absolute Gasteiger partial charge is 0.270 e. The molecule has 0 saturated carbocycles. The quantitative estimate of drug-likeness (QED) is 0.847. The van der Waals surface area contributed by atoms with Crippen molar-refractivity contribution in [1.82, 2.24) is 0 Å². The van der Waals surface area contributed by atoms with Crippen LogP contribution in [0.4, 0.5) is 8.78 Å². The first kappa shape index (κ1) is 14.3. The van der Waals surface area contributed by atoms with E-state index in [4.69, 9.17) is 10.8 Å². The van der Waals surface area contributed by atoms with Crippen molar-refractivity contribution < 1.29 is 13.9 Å². The molecular formula is C10H14ClF2NO. The number of alkyl halides is 2. The van der Waals surface area contributed by atoms with Crippen LogP contribution in [0.1, 0.15) is 24.1 Å². The summed E-state index contributed by atoms with van der Waals surface area (Å²) in [7, 11) is 0. The summed E-state index contributed by atoms with van der Waals surface area (Å²) in [5.74, 6) is -2.87. The normalized spacial score (nSPS) is 13.1. The molecule has 0 spiro atoms. The Balaban J connectivity index is 0.00000196. The predicted octanol–water partition coefficient (Wildman–Crippen LogP) is 2.21. The van der Waals surface area contributed by atoms with E-state index in [0.717, 1.165) is 6.92 Å². The number of benzene rings is 1. The molecule has 0 radical (unpaired) electrons. The van der Waals surface area contributed by atoms with Crippen molar-refractivity contribution in [3.05, 3.63) is 35.4 Å². The highest BCUT2D eigenvalue weighted by molar-refractivity contribution is 5.85. The van der Waals surface area contributed by atoms with Crippen molar-refractivity contribution in [3.63, 3.8) is 0 Å². The number of halogens is 3. The Labute approximate surface area is 93.5 Å². The summed E-state index contributed by atoms with van der Waals surface area (Å²) in [6.07, 6.45) is 0. The molecule has 5 heteroatoms. The molecule has 0 aliphatic heterocycles. The van der Waals surface area contributed by atoms with Crippen LogP contribution in [0.5, 0.6) is 0 Å². The zero-order valence-corrected chi connectivity index (χ0v) is 9.10. The third-order valence-electron chi connectivity index (χ3n) is 2.02. The van der Waals surface area contributed by atoms with Crippen LogP contribution in [-0.2, 0) is 5.92 Å². The lowest BCUT2D eigenvalue weighted by Crippen LogP contribution is -2.16. The van der Waals surface area contributed by atoms with Gasteiger partial charge in [-0.3, -0.25) is 0 Å². The molecule has 0 saturated heterocycles. The first-order valence-corrected chi connectivity index (χ1v) is 4.30. The number of aliphatic hydroxyl groups excluding tert-OH is 1. The summed E-state index contributed by atoms with van der Waals surface area (Å²) < 4.78 is 25.8. The molecule has 0 aliphatic carbocycles. The van der Waals surface area contributed by atoms with Crippen LogP contribution in [0.25, 0.3) is 0 Å². The first-order chi connectivity index (χ1) is 6.45. The van der Waals surface area contributed by atoms with Gasteiger partial charge in [-0.25, -0.2) is 8.78 Å². The number of nitrogens with two attached hydrogens (primary N) is 1. The Kier molecular flexibility index (Phi) is 5.14. The molecule has 0 heterocycles. The van der Waals surface area contributed by atoms with Crippen LogP contribution >= 0.6 is 12.4 Å². The lowest BCUT2D eigenvalue weighted by Gasteiger charge is -2.14. The number of hydrogen-bond donors (Lipinski definition) is 2. The summed E-state index contributed by atoms with van der Waals surface area (Å²) in [5, 5.41) is 8.77. The van der Waals surface area contributed by atoms with Gasteiger partial charge in [-0.15, -0.1) is 12.4 Å². The molecule has 1 aromatic carbocycles. The molecule has 2 nitrogen and oxygen atoms in total. The SMILES string of the molecule is CC(F)(F)c1cccc(C(N)CO)c1.Cl. The Morgan fingerprint density at radius 3 is 2.53 bits per heavy atom. The maximum atomic E-state index is 12.9. The second kappa shape index (κ2) is 5.39. The summed E-state index contributed by atoms with van der Waals surface area (Å²) in [6.45, 7) is 0.579. The van der Waals surface area contributed by atoms with Gasteiger partial charge in [0.15, 0.2) is 0 Å². The maximum Gasteiger partial charge on any atom is 0.270 e. The largest absolute Gasteiger partial charge is 0.394 e. The molecule has 15 heavy (non-hydrogen) atoms.